The lowest BCUT2D eigenvalue weighted by Gasteiger charge is -2.27. The Morgan fingerprint density at radius 2 is 2.10 bits per heavy atom. The molecule has 0 radical (unpaired) electrons. The molecule has 1 aromatic carbocycles. The second-order valence-corrected chi connectivity index (χ2v) is 9.22. The SMILES string of the molecule is CC(C)[C@H](NC(=O)[C@@H]1CS[C@H]2c3ccccc3C(=O)N12)C(=O)NC[C@H]1CCCO1. The number of nitrogens with zero attached hydrogens (tertiary/aromatic N) is 1. The van der Waals surface area contributed by atoms with Crippen molar-refractivity contribution < 1.29 is 19.1 Å². The first-order valence-corrected chi connectivity index (χ1v) is 11.2. The highest BCUT2D eigenvalue weighted by Crippen LogP contribution is 2.48. The van der Waals surface area contributed by atoms with Crippen molar-refractivity contribution in [3.05, 3.63) is 35.4 Å². The van der Waals surface area contributed by atoms with Gasteiger partial charge in [-0.05, 0) is 30.4 Å². The molecule has 4 rings (SSSR count). The first-order chi connectivity index (χ1) is 14.0. The minimum absolute atomic E-state index is 0.0511. The van der Waals surface area contributed by atoms with Crippen LogP contribution in [0.5, 0.6) is 0 Å². The lowest BCUT2D eigenvalue weighted by atomic mass is 10.0. The molecule has 3 aliphatic rings. The van der Waals surface area contributed by atoms with Crippen molar-refractivity contribution in [1.82, 2.24) is 15.5 Å². The van der Waals surface area contributed by atoms with Gasteiger partial charge in [0, 0.05) is 24.5 Å². The smallest absolute Gasteiger partial charge is 0.256 e. The number of ether oxygens (including phenoxy) is 1. The molecular weight excluding hydrogens is 390 g/mol. The average molecular weight is 418 g/mol. The molecule has 0 aliphatic carbocycles. The van der Waals surface area contributed by atoms with Crippen molar-refractivity contribution in [2.24, 2.45) is 5.92 Å². The molecule has 0 aromatic heterocycles. The highest BCUT2D eigenvalue weighted by Gasteiger charge is 2.48. The summed E-state index contributed by atoms with van der Waals surface area (Å²) in [7, 11) is 0. The Labute approximate surface area is 174 Å². The molecule has 2 fully saturated rings. The lowest BCUT2D eigenvalue weighted by Crippen LogP contribution is -2.55. The highest BCUT2D eigenvalue weighted by atomic mass is 32.2. The Morgan fingerprint density at radius 3 is 2.83 bits per heavy atom. The van der Waals surface area contributed by atoms with E-state index < -0.39 is 12.1 Å². The third-order valence-electron chi connectivity index (χ3n) is 5.77. The Kier molecular flexibility index (Phi) is 5.83. The average Bonchev–Trinajstić information content (AvgIpc) is 3.43. The van der Waals surface area contributed by atoms with E-state index >= 15 is 0 Å². The number of rotatable bonds is 6. The molecule has 7 nitrogen and oxygen atoms in total. The van der Waals surface area contributed by atoms with Crippen molar-refractivity contribution in [3.63, 3.8) is 0 Å². The van der Waals surface area contributed by atoms with Crippen LogP contribution in [-0.4, -0.2) is 59.7 Å². The van der Waals surface area contributed by atoms with E-state index in [4.69, 9.17) is 4.74 Å². The molecule has 3 heterocycles. The van der Waals surface area contributed by atoms with Crippen molar-refractivity contribution in [3.8, 4) is 0 Å². The summed E-state index contributed by atoms with van der Waals surface area (Å²) in [6, 6.07) is 6.29. The van der Waals surface area contributed by atoms with E-state index in [-0.39, 0.29) is 35.1 Å². The molecule has 1 aromatic rings. The predicted octanol–water partition coefficient (Wildman–Crippen LogP) is 1.69. The Morgan fingerprint density at radius 1 is 1.31 bits per heavy atom. The number of hydrogen-bond donors (Lipinski definition) is 2. The number of carbonyl (C=O) groups is 3. The summed E-state index contributed by atoms with van der Waals surface area (Å²) in [6.07, 6.45) is 2.00. The van der Waals surface area contributed by atoms with Gasteiger partial charge in [-0.15, -0.1) is 11.8 Å². The Hall–Kier alpha value is -2.06. The Balaban J connectivity index is 1.41. The van der Waals surface area contributed by atoms with Crippen LogP contribution in [0.15, 0.2) is 24.3 Å². The van der Waals surface area contributed by atoms with Gasteiger partial charge in [-0.1, -0.05) is 32.0 Å². The quantitative estimate of drug-likeness (QED) is 0.736. The molecule has 8 heteroatoms. The van der Waals surface area contributed by atoms with Crippen molar-refractivity contribution >= 4 is 29.5 Å². The third-order valence-corrected chi connectivity index (χ3v) is 7.07. The molecule has 0 saturated carbocycles. The fraction of sp³-hybridized carbons (Fsp3) is 0.571. The van der Waals surface area contributed by atoms with E-state index in [0.29, 0.717) is 17.9 Å². The van der Waals surface area contributed by atoms with E-state index in [1.54, 1.807) is 22.7 Å². The summed E-state index contributed by atoms with van der Waals surface area (Å²) in [4.78, 5) is 40.2. The standard InChI is InChI=1S/C21H27N3O4S/c1-12(2)17(19(26)22-10-13-6-5-9-28-13)23-18(25)16-11-29-21-15-8-4-3-7-14(15)20(27)24(16)21/h3-4,7-8,12-13,16-17,21H,5-6,9-11H2,1-2H3,(H,22,26)(H,23,25)/t13-,16+,17+,21+/m1/s1. The maximum atomic E-state index is 13.0. The van der Waals surface area contributed by atoms with Gasteiger partial charge in [0.15, 0.2) is 0 Å². The zero-order valence-corrected chi connectivity index (χ0v) is 17.5. The molecule has 29 heavy (non-hydrogen) atoms. The third kappa shape index (κ3) is 3.88. The van der Waals surface area contributed by atoms with Crippen LogP contribution in [0.25, 0.3) is 0 Å². The second kappa shape index (κ2) is 8.36. The van der Waals surface area contributed by atoms with Crippen molar-refractivity contribution in [1.29, 1.82) is 0 Å². The first kappa shape index (κ1) is 20.2. The van der Waals surface area contributed by atoms with Gasteiger partial charge in [0.1, 0.15) is 17.5 Å². The number of thioether (sulfide) groups is 1. The molecule has 2 N–H and O–H groups in total. The molecule has 2 saturated heterocycles. The van der Waals surface area contributed by atoms with Crippen molar-refractivity contribution in [2.45, 2.75) is 50.3 Å². The summed E-state index contributed by atoms with van der Waals surface area (Å²) >= 11 is 1.59. The highest BCUT2D eigenvalue weighted by molar-refractivity contribution is 7.99. The van der Waals surface area contributed by atoms with Crippen molar-refractivity contribution in [2.75, 3.05) is 18.9 Å². The molecule has 3 aliphatic heterocycles. The monoisotopic (exact) mass is 417 g/mol. The van der Waals surface area contributed by atoms with Crippen LogP contribution in [0.1, 0.15) is 48.0 Å². The van der Waals surface area contributed by atoms with Gasteiger partial charge in [0.2, 0.25) is 11.8 Å². The molecule has 156 valence electrons. The maximum absolute atomic E-state index is 13.0. The number of benzene rings is 1. The summed E-state index contributed by atoms with van der Waals surface area (Å²) in [5.41, 5.74) is 1.63. The van der Waals surface area contributed by atoms with E-state index in [1.165, 1.54) is 0 Å². The van der Waals surface area contributed by atoms with Gasteiger partial charge in [-0.25, -0.2) is 0 Å². The summed E-state index contributed by atoms with van der Waals surface area (Å²) in [5.74, 6) is -0.132. The Bertz CT molecular complexity index is 809. The minimum atomic E-state index is -0.645. The number of hydrogen-bond acceptors (Lipinski definition) is 5. The number of nitrogens with one attached hydrogen (secondary N) is 2. The predicted molar refractivity (Wildman–Crippen MR) is 110 cm³/mol. The van der Waals surface area contributed by atoms with E-state index in [9.17, 15) is 14.4 Å². The van der Waals surface area contributed by atoms with Gasteiger partial charge in [0.05, 0.1) is 6.10 Å². The summed E-state index contributed by atoms with van der Waals surface area (Å²) < 4.78 is 5.55. The zero-order chi connectivity index (χ0) is 20.5. The summed E-state index contributed by atoms with van der Waals surface area (Å²) in [6.45, 7) is 5.00. The summed E-state index contributed by atoms with van der Waals surface area (Å²) in [5, 5.41) is 5.68. The van der Waals surface area contributed by atoms with Gasteiger partial charge < -0.3 is 20.3 Å². The van der Waals surface area contributed by atoms with Crippen LogP contribution in [0.4, 0.5) is 0 Å². The number of fused-ring (bicyclic) bond motifs is 3. The van der Waals surface area contributed by atoms with Gasteiger partial charge in [0.25, 0.3) is 5.91 Å². The molecule has 0 bridgehead atoms. The van der Waals surface area contributed by atoms with E-state index in [1.807, 2.05) is 32.0 Å². The molecule has 4 atom stereocenters. The zero-order valence-electron chi connectivity index (χ0n) is 16.7. The van der Waals surface area contributed by atoms with Gasteiger partial charge >= 0.3 is 0 Å². The van der Waals surface area contributed by atoms with Crippen LogP contribution in [-0.2, 0) is 14.3 Å². The largest absolute Gasteiger partial charge is 0.376 e. The van der Waals surface area contributed by atoms with Crippen LogP contribution in [0.3, 0.4) is 0 Å². The van der Waals surface area contributed by atoms with Crippen LogP contribution in [0.2, 0.25) is 0 Å². The molecule has 0 spiro atoms. The fourth-order valence-corrected chi connectivity index (χ4v) is 5.62. The topological polar surface area (TPSA) is 87.7 Å². The van der Waals surface area contributed by atoms with E-state index in [2.05, 4.69) is 10.6 Å². The maximum Gasteiger partial charge on any atom is 0.256 e. The van der Waals surface area contributed by atoms with Gasteiger partial charge in [-0.3, -0.25) is 14.4 Å². The van der Waals surface area contributed by atoms with Crippen LogP contribution in [0, 0.1) is 5.92 Å². The normalized spacial score (nSPS) is 26.4. The second-order valence-electron chi connectivity index (χ2n) is 8.11. The van der Waals surface area contributed by atoms with Crippen LogP contribution >= 0.6 is 11.8 Å². The van der Waals surface area contributed by atoms with Crippen LogP contribution < -0.4 is 10.6 Å². The van der Waals surface area contributed by atoms with Gasteiger partial charge in [-0.2, -0.15) is 0 Å². The molecule has 3 amide bonds. The number of amides is 3. The fourth-order valence-electron chi connectivity index (χ4n) is 4.16. The first-order valence-electron chi connectivity index (χ1n) is 10.2. The van der Waals surface area contributed by atoms with E-state index in [0.717, 1.165) is 25.0 Å². The minimum Gasteiger partial charge on any atom is -0.376 e. The molecular formula is C21H27N3O4S. The molecule has 0 unspecified atom stereocenters. The number of carbonyl (C=O) groups excluding carboxylic acids is 3. The lowest BCUT2D eigenvalue weighted by molar-refractivity contribution is -0.132.